The van der Waals surface area contributed by atoms with E-state index >= 15 is 0 Å². The van der Waals surface area contributed by atoms with E-state index in [4.69, 9.17) is 9.97 Å². The summed E-state index contributed by atoms with van der Waals surface area (Å²) in [5.74, 6) is 3.27. The number of amides is 1. The molecule has 0 N–H and O–H groups in total. The second-order valence-electron chi connectivity index (χ2n) is 16.5. The topological polar surface area (TPSA) is 62.4 Å². The minimum absolute atomic E-state index is 0.0375. The van der Waals surface area contributed by atoms with Gasteiger partial charge in [0, 0.05) is 26.2 Å². The van der Waals surface area contributed by atoms with Gasteiger partial charge < -0.3 is 14.0 Å². The molecule has 3 atom stereocenters. The van der Waals surface area contributed by atoms with Crippen LogP contribution in [0.3, 0.4) is 0 Å². The summed E-state index contributed by atoms with van der Waals surface area (Å²) in [4.78, 5) is 31.7. The predicted molar refractivity (Wildman–Crippen MR) is 232 cm³/mol. The van der Waals surface area contributed by atoms with Crippen molar-refractivity contribution >= 4 is 5.91 Å². The maximum absolute atomic E-state index is 14.4. The van der Waals surface area contributed by atoms with E-state index < -0.39 is 0 Å². The lowest BCUT2D eigenvalue weighted by Gasteiger charge is -2.34. The number of rotatable bonds is 14. The molecule has 2 aliphatic heterocycles. The van der Waals surface area contributed by atoms with E-state index in [-0.39, 0.29) is 18.0 Å². The molecule has 8 nitrogen and oxygen atoms in total. The van der Waals surface area contributed by atoms with Gasteiger partial charge >= 0.3 is 0 Å². The SMILES string of the molecule is CCN(CC)[C@@H](C(=O)N1CCC[C@H]1c1ncc(-c2ccc(-c3ccc(-c4cnc([C@@H]5CCCN5CC5CCCCC5)n4CC)cc3)cc2)n1CC)c1ccccc1. The molecule has 0 radical (unpaired) electrons. The zero-order chi connectivity index (χ0) is 39.3. The van der Waals surface area contributed by atoms with Gasteiger partial charge in [-0.2, -0.15) is 0 Å². The maximum atomic E-state index is 14.4. The number of likely N-dealkylation sites (tertiary alicyclic amines) is 2. The number of benzene rings is 3. The van der Waals surface area contributed by atoms with Crippen molar-refractivity contribution in [3.05, 3.63) is 108 Å². The summed E-state index contributed by atoms with van der Waals surface area (Å²) in [7, 11) is 0. The fourth-order valence-electron chi connectivity index (χ4n) is 10.3. The Hall–Kier alpha value is -4.53. The van der Waals surface area contributed by atoms with Crippen molar-refractivity contribution in [3.63, 3.8) is 0 Å². The number of hydrogen-bond donors (Lipinski definition) is 0. The third-order valence-corrected chi connectivity index (χ3v) is 13.3. The third kappa shape index (κ3) is 8.00. The Kier molecular flexibility index (Phi) is 12.4. The second kappa shape index (κ2) is 17.9. The van der Waals surface area contributed by atoms with Crippen LogP contribution in [0, 0.1) is 5.92 Å². The van der Waals surface area contributed by atoms with Crippen molar-refractivity contribution in [3.8, 4) is 33.6 Å². The number of imidazole rings is 2. The molecule has 1 amide bonds. The molecule has 1 aliphatic carbocycles. The van der Waals surface area contributed by atoms with E-state index in [1.165, 1.54) is 86.2 Å². The van der Waals surface area contributed by atoms with Crippen LogP contribution >= 0.6 is 0 Å². The van der Waals surface area contributed by atoms with Crippen molar-refractivity contribution in [2.24, 2.45) is 5.92 Å². The van der Waals surface area contributed by atoms with Crippen LogP contribution in [0.25, 0.3) is 33.6 Å². The molecule has 3 fully saturated rings. The van der Waals surface area contributed by atoms with Crippen molar-refractivity contribution < 1.29 is 4.79 Å². The van der Waals surface area contributed by atoms with Crippen LogP contribution in [0.4, 0.5) is 0 Å². The number of aromatic nitrogens is 4. The first-order chi connectivity index (χ1) is 28.0. The van der Waals surface area contributed by atoms with Crippen LogP contribution in [0.15, 0.2) is 91.3 Å². The van der Waals surface area contributed by atoms with Gasteiger partial charge in [0.1, 0.15) is 17.7 Å². The zero-order valence-corrected chi connectivity index (χ0v) is 34.8. The van der Waals surface area contributed by atoms with E-state index in [1.54, 1.807) is 0 Å². The van der Waals surface area contributed by atoms with Gasteiger partial charge in [0.15, 0.2) is 0 Å². The lowest BCUT2D eigenvalue weighted by atomic mass is 9.89. The van der Waals surface area contributed by atoms with Crippen LogP contribution in [-0.2, 0) is 17.9 Å². The third-order valence-electron chi connectivity index (χ3n) is 13.3. The highest BCUT2D eigenvalue weighted by Gasteiger charge is 2.39. The van der Waals surface area contributed by atoms with E-state index in [1.807, 2.05) is 24.4 Å². The molecule has 2 aromatic heterocycles. The van der Waals surface area contributed by atoms with Gasteiger partial charge in [0.05, 0.1) is 35.9 Å². The molecule has 8 heteroatoms. The van der Waals surface area contributed by atoms with E-state index in [0.717, 1.165) is 74.1 Å². The smallest absolute Gasteiger partial charge is 0.245 e. The highest BCUT2D eigenvalue weighted by atomic mass is 16.2. The Bertz CT molecular complexity index is 2060. The van der Waals surface area contributed by atoms with Gasteiger partial charge in [0.25, 0.3) is 0 Å². The summed E-state index contributed by atoms with van der Waals surface area (Å²) in [6.07, 6.45) is 15.5. The van der Waals surface area contributed by atoms with Crippen molar-refractivity contribution in [2.75, 3.05) is 32.7 Å². The van der Waals surface area contributed by atoms with Crippen LogP contribution in [-0.4, -0.2) is 72.4 Å². The largest absolute Gasteiger partial charge is 0.331 e. The van der Waals surface area contributed by atoms with Gasteiger partial charge in [-0.05, 0) is 106 Å². The summed E-state index contributed by atoms with van der Waals surface area (Å²) in [6, 6.07) is 28.3. The van der Waals surface area contributed by atoms with Crippen LogP contribution in [0.5, 0.6) is 0 Å². The molecule has 0 spiro atoms. The minimum atomic E-state index is -0.294. The van der Waals surface area contributed by atoms with Crippen LogP contribution in [0.1, 0.15) is 121 Å². The van der Waals surface area contributed by atoms with Crippen molar-refractivity contribution in [1.82, 2.24) is 33.8 Å². The Morgan fingerprint density at radius 1 is 0.632 bits per heavy atom. The summed E-state index contributed by atoms with van der Waals surface area (Å²) >= 11 is 0. The fraction of sp³-hybridized carbons (Fsp3) is 0.490. The summed E-state index contributed by atoms with van der Waals surface area (Å²) in [6.45, 7) is 15.3. The van der Waals surface area contributed by atoms with E-state index in [9.17, 15) is 4.79 Å². The molecule has 0 bridgehead atoms. The lowest BCUT2D eigenvalue weighted by molar-refractivity contribution is -0.138. The monoisotopic (exact) mass is 766 g/mol. The number of carbonyl (C=O) groups excluding carboxylic acids is 1. The number of likely N-dealkylation sites (N-methyl/N-ethyl adjacent to an activating group) is 1. The number of carbonyl (C=O) groups is 1. The first-order valence-corrected chi connectivity index (χ1v) is 22.2. The molecule has 300 valence electrons. The Morgan fingerprint density at radius 3 is 1.72 bits per heavy atom. The number of hydrogen-bond acceptors (Lipinski definition) is 5. The molecular weight excluding hydrogens is 703 g/mol. The van der Waals surface area contributed by atoms with Gasteiger partial charge in [-0.25, -0.2) is 9.97 Å². The van der Waals surface area contributed by atoms with E-state index in [0.29, 0.717) is 6.04 Å². The molecule has 8 rings (SSSR count). The maximum Gasteiger partial charge on any atom is 0.245 e. The molecule has 2 saturated heterocycles. The van der Waals surface area contributed by atoms with Crippen molar-refractivity contribution in [2.45, 2.75) is 117 Å². The Labute approximate surface area is 340 Å². The van der Waals surface area contributed by atoms with Crippen LogP contribution < -0.4 is 0 Å². The van der Waals surface area contributed by atoms with Gasteiger partial charge in [0.2, 0.25) is 5.91 Å². The molecule has 3 aromatic carbocycles. The molecule has 1 saturated carbocycles. The minimum Gasteiger partial charge on any atom is -0.331 e. The Balaban J connectivity index is 0.981. The first kappa shape index (κ1) is 39.3. The molecule has 3 aliphatic rings. The normalized spacial score (nSPS) is 19.8. The highest BCUT2D eigenvalue weighted by molar-refractivity contribution is 5.84. The standard InChI is InChI=1S/C49H63N7O/c1-5-52(6-2)46(41-19-13-10-14-20-41)49(57)56-32-16-22-43(56)48-51-34-45(55(48)8-4)40-29-25-38(26-30-40)37-23-27-39(28-24-37)44-33-50-47(54(44)7-3)42-21-15-31-53(42)35-36-17-11-9-12-18-36/h10,13-14,19-20,23-30,33-34,36,42-43,46H,5-9,11-12,15-18,21-22,31-32,35H2,1-4H3/t42-,43-,46+/m0/s1. The van der Waals surface area contributed by atoms with Crippen LogP contribution in [0.2, 0.25) is 0 Å². The van der Waals surface area contributed by atoms with Gasteiger partial charge in [-0.1, -0.05) is 112 Å². The average Bonchev–Trinajstić information content (AvgIpc) is 4.09. The number of nitrogens with zero attached hydrogens (tertiary/aromatic N) is 7. The first-order valence-electron chi connectivity index (χ1n) is 22.2. The van der Waals surface area contributed by atoms with Crippen molar-refractivity contribution in [1.29, 1.82) is 0 Å². The fourth-order valence-corrected chi connectivity index (χ4v) is 10.3. The summed E-state index contributed by atoms with van der Waals surface area (Å²) in [5, 5.41) is 0. The molecule has 5 aromatic rings. The second-order valence-corrected chi connectivity index (χ2v) is 16.5. The zero-order valence-electron chi connectivity index (χ0n) is 34.8. The van der Waals surface area contributed by atoms with Gasteiger partial charge in [-0.3, -0.25) is 14.6 Å². The summed E-state index contributed by atoms with van der Waals surface area (Å²) < 4.78 is 4.78. The molecular formula is C49H63N7O. The predicted octanol–water partition coefficient (Wildman–Crippen LogP) is 10.6. The highest BCUT2D eigenvalue weighted by Crippen LogP contribution is 2.39. The summed E-state index contributed by atoms with van der Waals surface area (Å²) in [5.41, 5.74) is 8.13. The van der Waals surface area contributed by atoms with E-state index in [2.05, 4.69) is 118 Å². The molecule has 4 heterocycles. The molecule has 57 heavy (non-hydrogen) atoms. The quantitative estimate of drug-likeness (QED) is 0.113. The lowest BCUT2D eigenvalue weighted by Crippen LogP contribution is -2.43. The average molecular weight is 766 g/mol. The molecule has 0 unspecified atom stereocenters. The van der Waals surface area contributed by atoms with Gasteiger partial charge in [-0.15, -0.1) is 0 Å². The Morgan fingerprint density at radius 2 is 1.16 bits per heavy atom.